The van der Waals surface area contributed by atoms with Crippen molar-refractivity contribution in [3.8, 4) is 0 Å². The number of benzene rings is 1. The first-order chi connectivity index (χ1) is 8.92. The highest BCUT2D eigenvalue weighted by Gasteiger charge is 2.35. The Morgan fingerprint density at radius 1 is 1.32 bits per heavy atom. The topological polar surface area (TPSA) is 101 Å². The summed E-state index contributed by atoms with van der Waals surface area (Å²) < 4.78 is 25.3. The van der Waals surface area contributed by atoms with Gasteiger partial charge in [-0.05, 0) is 5.56 Å². The molecule has 1 aromatic rings. The van der Waals surface area contributed by atoms with Gasteiger partial charge in [0.1, 0.15) is 0 Å². The van der Waals surface area contributed by atoms with Crippen molar-refractivity contribution in [2.75, 3.05) is 19.7 Å². The Labute approximate surface area is 110 Å². The zero-order valence-corrected chi connectivity index (χ0v) is 10.9. The molecule has 0 bridgehead atoms. The summed E-state index contributed by atoms with van der Waals surface area (Å²) in [6.45, 7) is 0.668. The number of sulfonamides is 1. The van der Waals surface area contributed by atoms with Gasteiger partial charge in [0.2, 0.25) is 10.0 Å². The predicted molar refractivity (Wildman–Crippen MR) is 67.9 cm³/mol. The number of nitrogens with zero attached hydrogens (tertiary/aromatic N) is 2. The van der Waals surface area contributed by atoms with Gasteiger partial charge in [0.15, 0.2) is 0 Å². The van der Waals surface area contributed by atoms with Crippen LogP contribution in [0.2, 0.25) is 0 Å². The zero-order valence-electron chi connectivity index (χ0n) is 10.1. The molecule has 1 aliphatic rings. The van der Waals surface area contributed by atoms with Crippen LogP contribution < -0.4 is 0 Å². The SMILES string of the molecule is O=[N+]([O-])c1ccc(CS(=O)(=O)N2CC(CO)C2)cc1. The molecule has 0 aromatic heterocycles. The third-order valence-corrected chi connectivity index (χ3v) is 4.85. The molecule has 1 heterocycles. The van der Waals surface area contributed by atoms with Crippen LogP contribution in [0, 0.1) is 16.0 Å². The lowest BCUT2D eigenvalue weighted by Crippen LogP contribution is -2.51. The van der Waals surface area contributed by atoms with Crippen molar-refractivity contribution in [1.82, 2.24) is 4.31 Å². The van der Waals surface area contributed by atoms with Crippen LogP contribution >= 0.6 is 0 Å². The standard InChI is InChI=1S/C11H14N2O5S/c14-7-10-5-12(6-10)19(17,18)8-9-1-3-11(4-2-9)13(15)16/h1-4,10,14H,5-8H2. The van der Waals surface area contributed by atoms with E-state index < -0.39 is 14.9 Å². The van der Waals surface area contributed by atoms with Gasteiger partial charge >= 0.3 is 0 Å². The van der Waals surface area contributed by atoms with Crippen LogP contribution in [0.25, 0.3) is 0 Å². The first kappa shape index (κ1) is 13.9. The van der Waals surface area contributed by atoms with Gasteiger partial charge in [-0.3, -0.25) is 10.1 Å². The molecule has 0 unspecified atom stereocenters. The molecule has 104 valence electrons. The summed E-state index contributed by atoms with van der Waals surface area (Å²) in [4.78, 5) is 9.96. The molecule has 8 heteroatoms. The molecule has 1 aliphatic heterocycles. The fourth-order valence-corrected chi connectivity index (χ4v) is 3.55. The average molecular weight is 286 g/mol. The third kappa shape index (κ3) is 3.09. The van der Waals surface area contributed by atoms with Gasteiger partial charge in [0.05, 0.1) is 10.7 Å². The van der Waals surface area contributed by atoms with Crippen LogP contribution in [0.1, 0.15) is 5.56 Å². The van der Waals surface area contributed by atoms with E-state index in [0.29, 0.717) is 18.7 Å². The maximum atomic E-state index is 12.0. The van der Waals surface area contributed by atoms with Gasteiger partial charge in [0, 0.05) is 37.7 Å². The van der Waals surface area contributed by atoms with E-state index in [9.17, 15) is 18.5 Å². The fourth-order valence-electron chi connectivity index (χ4n) is 1.88. The number of hydrogen-bond donors (Lipinski definition) is 1. The van der Waals surface area contributed by atoms with Gasteiger partial charge < -0.3 is 5.11 Å². The molecular weight excluding hydrogens is 272 g/mol. The van der Waals surface area contributed by atoms with E-state index in [1.54, 1.807) is 0 Å². The summed E-state index contributed by atoms with van der Waals surface area (Å²) in [5.41, 5.74) is 0.448. The maximum absolute atomic E-state index is 12.0. The van der Waals surface area contributed by atoms with Gasteiger partial charge in [-0.25, -0.2) is 12.7 Å². The minimum Gasteiger partial charge on any atom is -0.396 e. The Morgan fingerprint density at radius 3 is 2.37 bits per heavy atom. The maximum Gasteiger partial charge on any atom is 0.269 e. The number of non-ortho nitro benzene ring substituents is 1. The largest absolute Gasteiger partial charge is 0.396 e. The highest BCUT2D eigenvalue weighted by molar-refractivity contribution is 7.88. The smallest absolute Gasteiger partial charge is 0.269 e. The summed E-state index contributed by atoms with van der Waals surface area (Å²) >= 11 is 0. The number of hydrogen-bond acceptors (Lipinski definition) is 5. The molecule has 1 fully saturated rings. The van der Waals surface area contributed by atoms with Crippen LogP contribution in [-0.4, -0.2) is 42.4 Å². The Hall–Kier alpha value is -1.51. The van der Waals surface area contributed by atoms with Crippen molar-refractivity contribution >= 4 is 15.7 Å². The molecule has 0 atom stereocenters. The van der Waals surface area contributed by atoms with E-state index in [2.05, 4.69) is 0 Å². The minimum atomic E-state index is -3.40. The fraction of sp³-hybridized carbons (Fsp3) is 0.455. The summed E-state index contributed by atoms with van der Waals surface area (Å²) in [7, 11) is -3.40. The van der Waals surface area contributed by atoms with E-state index in [-0.39, 0.29) is 24.0 Å². The number of aliphatic hydroxyl groups is 1. The quantitative estimate of drug-likeness (QED) is 0.621. The van der Waals surface area contributed by atoms with Crippen molar-refractivity contribution in [3.63, 3.8) is 0 Å². The number of aliphatic hydroxyl groups excluding tert-OH is 1. The van der Waals surface area contributed by atoms with Crippen molar-refractivity contribution in [2.45, 2.75) is 5.75 Å². The summed E-state index contributed by atoms with van der Waals surface area (Å²) in [5.74, 6) is -0.157. The van der Waals surface area contributed by atoms with Crippen molar-refractivity contribution in [1.29, 1.82) is 0 Å². The molecule has 0 saturated carbocycles. The first-order valence-electron chi connectivity index (χ1n) is 5.74. The molecule has 7 nitrogen and oxygen atoms in total. The van der Waals surface area contributed by atoms with Gasteiger partial charge in [0.25, 0.3) is 5.69 Å². The third-order valence-electron chi connectivity index (χ3n) is 3.07. The predicted octanol–water partition coefficient (Wildman–Crippen LogP) is 0.349. The van der Waals surface area contributed by atoms with Gasteiger partial charge in [-0.2, -0.15) is 0 Å². The van der Waals surface area contributed by atoms with Crippen LogP contribution in [-0.2, 0) is 15.8 Å². The van der Waals surface area contributed by atoms with Crippen LogP contribution in [0.5, 0.6) is 0 Å². The van der Waals surface area contributed by atoms with E-state index in [1.807, 2.05) is 0 Å². The Morgan fingerprint density at radius 2 is 1.89 bits per heavy atom. The number of rotatable bonds is 5. The number of nitro benzene ring substituents is 1. The second-order valence-corrected chi connectivity index (χ2v) is 6.51. The summed E-state index contributed by atoms with van der Waals surface area (Å²) in [5, 5.41) is 19.3. The van der Waals surface area contributed by atoms with Crippen LogP contribution in [0.4, 0.5) is 5.69 Å². The zero-order chi connectivity index (χ0) is 14.0. The van der Waals surface area contributed by atoms with E-state index >= 15 is 0 Å². The Balaban J connectivity index is 2.02. The van der Waals surface area contributed by atoms with E-state index in [4.69, 9.17) is 5.11 Å². The minimum absolute atomic E-state index is 0.0104. The molecule has 1 aromatic carbocycles. The average Bonchev–Trinajstić information content (AvgIpc) is 2.27. The molecule has 1 N–H and O–H groups in total. The molecule has 1 saturated heterocycles. The molecule has 0 spiro atoms. The molecule has 2 rings (SSSR count). The second kappa shape index (κ2) is 5.24. The monoisotopic (exact) mass is 286 g/mol. The lowest BCUT2D eigenvalue weighted by Gasteiger charge is -2.36. The Kier molecular flexibility index (Phi) is 3.83. The number of nitro groups is 1. The molecule has 0 radical (unpaired) electrons. The van der Waals surface area contributed by atoms with Gasteiger partial charge in [-0.1, -0.05) is 12.1 Å². The lowest BCUT2D eigenvalue weighted by molar-refractivity contribution is -0.384. The van der Waals surface area contributed by atoms with E-state index in [0.717, 1.165) is 0 Å². The van der Waals surface area contributed by atoms with Crippen LogP contribution in [0.3, 0.4) is 0 Å². The van der Waals surface area contributed by atoms with Crippen molar-refractivity contribution in [3.05, 3.63) is 39.9 Å². The first-order valence-corrected chi connectivity index (χ1v) is 7.35. The summed E-state index contributed by atoms with van der Waals surface area (Å²) in [6, 6.07) is 5.47. The molecular formula is C11H14N2O5S. The molecule has 0 amide bonds. The van der Waals surface area contributed by atoms with Gasteiger partial charge in [-0.15, -0.1) is 0 Å². The van der Waals surface area contributed by atoms with Crippen molar-refractivity contribution in [2.24, 2.45) is 5.92 Å². The molecule has 19 heavy (non-hydrogen) atoms. The normalized spacial score (nSPS) is 17.1. The summed E-state index contributed by atoms with van der Waals surface area (Å²) in [6.07, 6.45) is 0. The lowest BCUT2D eigenvalue weighted by atomic mass is 10.1. The van der Waals surface area contributed by atoms with Crippen molar-refractivity contribution < 1.29 is 18.4 Å². The van der Waals surface area contributed by atoms with Crippen LogP contribution in [0.15, 0.2) is 24.3 Å². The highest BCUT2D eigenvalue weighted by Crippen LogP contribution is 2.22. The van der Waals surface area contributed by atoms with E-state index in [1.165, 1.54) is 28.6 Å². The second-order valence-electron chi connectivity index (χ2n) is 4.55. The Bertz CT molecular complexity index is 563. The highest BCUT2D eigenvalue weighted by atomic mass is 32.2. The molecule has 0 aliphatic carbocycles.